The maximum atomic E-state index is 13.5. The number of anilines is 1. The summed E-state index contributed by atoms with van der Waals surface area (Å²) in [6.07, 6.45) is 0.909. The van der Waals surface area contributed by atoms with E-state index in [0.29, 0.717) is 23.5 Å². The first-order chi connectivity index (χ1) is 15.6. The minimum Gasteiger partial charge on any atom is -0.477 e. The van der Waals surface area contributed by atoms with Crippen LogP contribution in [-0.2, 0) is 18.4 Å². The number of aromatic nitrogens is 2. The molecular formula is C25H22N4O3. The van der Waals surface area contributed by atoms with Gasteiger partial charge in [0.25, 0.3) is 11.8 Å². The zero-order chi connectivity index (χ0) is 22.1. The normalized spacial score (nSPS) is 15.2. The molecule has 0 bridgehead atoms. The van der Waals surface area contributed by atoms with Crippen molar-refractivity contribution in [3.05, 3.63) is 90.3 Å². The Hall–Kier alpha value is -4.13. The van der Waals surface area contributed by atoms with Crippen LogP contribution in [0.3, 0.4) is 0 Å². The molecule has 1 atom stereocenters. The number of nitrogens with zero attached hydrogens (tertiary/aromatic N) is 3. The lowest BCUT2D eigenvalue weighted by molar-refractivity contribution is -0.127. The van der Waals surface area contributed by atoms with Gasteiger partial charge >= 0.3 is 0 Å². The van der Waals surface area contributed by atoms with Crippen molar-refractivity contribution in [1.29, 1.82) is 0 Å². The first kappa shape index (κ1) is 19.8. The smallest absolute Gasteiger partial charge is 0.263 e. The number of ether oxygens (including phenoxy) is 1. The number of carbonyl (C=O) groups is 2. The fourth-order valence-electron chi connectivity index (χ4n) is 3.89. The van der Waals surface area contributed by atoms with Gasteiger partial charge in [0.1, 0.15) is 5.75 Å². The minimum atomic E-state index is -0.809. The van der Waals surface area contributed by atoms with E-state index < -0.39 is 6.10 Å². The lowest BCUT2D eigenvalue weighted by Crippen LogP contribution is -2.50. The third-order valence-electron chi connectivity index (χ3n) is 5.59. The Morgan fingerprint density at radius 3 is 2.69 bits per heavy atom. The number of para-hydroxylation sites is 2. The molecule has 7 heteroatoms. The molecule has 2 amide bonds. The number of benzene rings is 3. The van der Waals surface area contributed by atoms with Crippen LogP contribution in [0.15, 0.2) is 79.1 Å². The van der Waals surface area contributed by atoms with Crippen LogP contribution in [-0.4, -0.2) is 34.0 Å². The van der Waals surface area contributed by atoms with Crippen molar-refractivity contribution < 1.29 is 14.3 Å². The van der Waals surface area contributed by atoms with Gasteiger partial charge in [0.2, 0.25) is 0 Å². The zero-order valence-corrected chi connectivity index (χ0v) is 17.6. The third kappa shape index (κ3) is 3.69. The number of rotatable bonds is 4. The quantitative estimate of drug-likeness (QED) is 0.543. The van der Waals surface area contributed by atoms with Gasteiger partial charge in [-0.05, 0) is 35.9 Å². The Kier molecular flexibility index (Phi) is 5.07. The van der Waals surface area contributed by atoms with Gasteiger partial charge in [-0.3, -0.25) is 9.59 Å². The highest BCUT2D eigenvalue weighted by atomic mass is 16.5. The fraction of sp³-hybridized carbons (Fsp3) is 0.160. The summed E-state index contributed by atoms with van der Waals surface area (Å²) in [7, 11) is 1.91. The molecule has 1 aliphatic rings. The summed E-state index contributed by atoms with van der Waals surface area (Å²) in [5.41, 5.74) is 3.84. The van der Waals surface area contributed by atoms with Crippen molar-refractivity contribution in [2.45, 2.75) is 12.6 Å². The number of amides is 2. The molecule has 0 fully saturated rings. The van der Waals surface area contributed by atoms with Crippen molar-refractivity contribution in [3.8, 4) is 5.75 Å². The van der Waals surface area contributed by atoms with Gasteiger partial charge in [-0.2, -0.15) is 0 Å². The van der Waals surface area contributed by atoms with Crippen LogP contribution in [0.5, 0.6) is 5.75 Å². The summed E-state index contributed by atoms with van der Waals surface area (Å²) in [6.45, 7) is 0.516. The maximum absolute atomic E-state index is 13.5. The van der Waals surface area contributed by atoms with Gasteiger partial charge in [0.05, 0.1) is 29.6 Å². The highest BCUT2D eigenvalue weighted by molar-refractivity contribution is 6.09. The largest absolute Gasteiger partial charge is 0.477 e. The van der Waals surface area contributed by atoms with E-state index in [0.717, 1.165) is 16.6 Å². The van der Waals surface area contributed by atoms with Gasteiger partial charge < -0.3 is 19.5 Å². The molecule has 4 aromatic rings. The second-order valence-corrected chi connectivity index (χ2v) is 7.75. The third-order valence-corrected chi connectivity index (χ3v) is 5.59. The Morgan fingerprint density at radius 1 is 1.06 bits per heavy atom. The molecular weight excluding hydrogens is 404 g/mol. The Labute approximate surface area is 185 Å². The van der Waals surface area contributed by atoms with Crippen molar-refractivity contribution in [1.82, 2.24) is 14.9 Å². The van der Waals surface area contributed by atoms with E-state index in [4.69, 9.17) is 4.74 Å². The highest BCUT2D eigenvalue weighted by Crippen LogP contribution is 2.34. The van der Waals surface area contributed by atoms with E-state index in [1.807, 2.05) is 66.2 Å². The minimum absolute atomic E-state index is 0.122. The lowest BCUT2D eigenvalue weighted by atomic mass is 10.1. The maximum Gasteiger partial charge on any atom is 0.263 e. The monoisotopic (exact) mass is 426 g/mol. The van der Waals surface area contributed by atoms with Crippen LogP contribution in [0, 0.1) is 0 Å². The van der Waals surface area contributed by atoms with E-state index in [9.17, 15) is 9.59 Å². The van der Waals surface area contributed by atoms with E-state index >= 15 is 0 Å². The van der Waals surface area contributed by atoms with Crippen LogP contribution >= 0.6 is 0 Å². The Morgan fingerprint density at radius 2 is 1.84 bits per heavy atom. The average Bonchev–Trinajstić information content (AvgIpc) is 3.22. The molecule has 7 nitrogen and oxygen atoms in total. The molecule has 1 aromatic heterocycles. The number of nitrogens with one attached hydrogen (secondary N) is 1. The Balaban J connectivity index is 1.40. The first-order valence-corrected chi connectivity index (χ1v) is 10.4. The Bertz CT molecular complexity index is 1300. The van der Waals surface area contributed by atoms with Crippen LogP contribution in [0.25, 0.3) is 11.0 Å². The summed E-state index contributed by atoms with van der Waals surface area (Å²) in [6, 6.07) is 22.4. The van der Waals surface area contributed by atoms with Crippen LogP contribution in [0.4, 0.5) is 5.69 Å². The van der Waals surface area contributed by atoms with Crippen LogP contribution in [0.2, 0.25) is 0 Å². The topological polar surface area (TPSA) is 76.5 Å². The molecule has 3 aromatic carbocycles. The van der Waals surface area contributed by atoms with Crippen molar-refractivity contribution in [2.24, 2.45) is 7.05 Å². The summed E-state index contributed by atoms with van der Waals surface area (Å²) in [5.74, 6) is 0.0429. The predicted octanol–water partition coefficient (Wildman–Crippen LogP) is 3.30. The van der Waals surface area contributed by atoms with E-state index in [2.05, 4.69) is 10.3 Å². The summed E-state index contributed by atoms with van der Waals surface area (Å²) >= 11 is 0. The number of hydrogen-bond donors (Lipinski definition) is 1. The summed E-state index contributed by atoms with van der Waals surface area (Å²) in [5, 5.41) is 2.91. The second kappa shape index (κ2) is 8.19. The molecule has 0 saturated heterocycles. The van der Waals surface area contributed by atoms with Crippen molar-refractivity contribution in [2.75, 3.05) is 11.4 Å². The average molecular weight is 426 g/mol. The molecule has 0 aliphatic carbocycles. The van der Waals surface area contributed by atoms with Gasteiger partial charge in [0.15, 0.2) is 6.10 Å². The van der Waals surface area contributed by atoms with Crippen LogP contribution in [0.1, 0.15) is 15.9 Å². The molecule has 0 radical (unpaired) electrons. The molecule has 0 spiro atoms. The molecule has 32 heavy (non-hydrogen) atoms. The zero-order valence-electron chi connectivity index (χ0n) is 17.6. The molecule has 160 valence electrons. The molecule has 1 aliphatic heterocycles. The lowest BCUT2D eigenvalue weighted by Gasteiger charge is -2.34. The van der Waals surface area contributed by atoms with Gasteiger partial charge in [-0.1, -0.05) is 42.5 Å². The highest BCUT2D eigenvalue weighted by Gasteiger charge is 2.34. The van der Waals surface area contributed by atoms with E-state index in [1.165, 1.54) is 0 Å². The molecule has 1 unspecified atom stereocenters. The second-order valence-electron chi connectivity index (χ2n) is 7.75. The van der Waals surface area contributed by atoms with Crippen molar-refractivity contribution >= 4 is 28.5 Å². The fourth-order valence-corrected chi connectivity index (χ4v) is 3.89. The van der Waals surface area contributed by atoms with Crippen molar-refractivity contribution in [3.63, 3.8) is 0 Å². The summed E-state index contributed by atoms with van der Waals surface area (Å²) in [4.78, 5) is 32.3. The predicted molar refractivity (Wildman–Crippen MR) is 122 cm³/mol. The molecule has 2 heterocycles. The van der Waals surface area contributed by atoms with E-state index in [1.54, 1.807) is 29.4 Å². The SMILES string of the molecule is Cn1cnc2cc(C(=O)N3CC(C(=O)NCc4ccccc4)Oc4ccccc43)ccc21. The van der Waals surface area contributed by atoms with Gasteiger partial charge in [-0.15, -0.1) is 0 Å². The standard InChI is InChI=1S/C25H22N4O3/c1-28-16-27-19-13-18(11-12-20(19)28)25(31)29-15-23(32-22-10-6-5-9-21(22)29)24(30)26-14-17-7-3-2-4-8-17/h2-13,16,23H,14-15H2,1H3,(H,26,30). The van der Waals surface area contributed by atoms with Gasteiger partial charge in [0, 0.05) is 19.2 Å². The van der Waals surface area contributed by atoms with Gasteiger partial charge in [-0.25, -0.2) is 4.98 Å². The molecule has 5 rings (SSSR count). The molecule has 1 N–H and O–H groups in total. The number of aryl methyl sites for hydroxylation is 1. The van der Waals surface area contributed by atoms with E-state index in [-0.39, 0.29) is 18.4 Å². The molecule has 0 saturated carbocycles. The number of imidazole rings is 1. The first-order valence-electron chi connectivity index (χ1n) is 10.4. The number of hydrogen-bond acceptors (Lipinski definition) is 4. The van der Waals surface area contributed by atoms with Crippen LogP contribution < -0.4 is 15.0 Å². The number of carbonyl (C=O) groups excluding carboxylic acids is 2. The number of fused-ring (bicyclic) bond motifs is 2. The summed E-state index contributed by atoms with van der Waals surface area (Å²) < 4.78 is 7.85.